The fraction of sp³-hybridized carbons (Fsp3) is 0.333. The zero-order valence-electron chi connectivity index (χ0n) is 17.0. The van der Waals surface area contributed by atoms with Crippen LogP contribution in [0, 0.1) is 0 Å². The second-order valence-electron chi connectivity index (χ2n) is 6.97. The lowest BCUT2D eigenvalue weighted by Gasteiger charge is -2.22. The lowest BCUT2D eigenvalue weighted by molar-refractivity contribution is -0.116. The monoisotopic (exact) mass is 448 g/mol. The Morgan fingerprint density at radius 2 is 1.93 bits per heavy atom. The van der Waals surface area contributed by atoms with Crippen LogP contribution in [0.2, 0.25) is 0 Å². The minimum absolute atomic E-state index is 0.0815. The number of amides is 2. The summed E-state index contributed by atoms with van der Waals surface area (Å²) in [6, 6.07) is 11.5. The highest BCUT2D eigenvalue weighted by atomic mass is 32.2. The van der Waals surface area contributed by atoms with E-state index in [1.54, 1.807) is 37.3 Å². The maximum absolute atomic E-state index is 13.0. The number of hydrogen-bond acceptors (Lipinski definition) is 6. The molecular weight excluding hydrogens is 424 g/mol. The van der Waals surface area contributed by atoms with Crippen LogP contribution in [0.15, 0.2) is 52.3 Å². The summed E-state index contributed by atoms with van der Waals surface area (Å²) in [6.07, 6.45) is -0.190. The highest BCUT2D eigenvalue weighted by Gasteiger charge is 2.29. The van der Waals surface area contributed by atoms with Gasteiger partial charge in [-0.1, -0.05) is 0 Å². The van der Waals surface area contributed by atoms with Gasteiger partial charge in [0.1, 0.15) is 5.75 Å². The molecule has 7 nitrogen and oxygen atoms in total. The van der Waals surface area contributed by atoms with E-state index in [1.807, 2.05) is 6.92 Å². The summed E-state index contributed by atoms with van der Waals surface area (Å²) in [4.78, 5) is 25.1. The highest BCUT2D eigenvalue weighted by Crippen LogP contribution is 2.37. The molecule has 0 unspecified atom stereocenters. The molecule has 2 amide bonds. The summed E-state index contributed by atoms with van der Waals surface area (Å²) in [6.45, 7) is 5.72. The van der Waals surface area contributed by atoms with Gasteiger partial charge in [-0.25, -0.2) is 8.42 Å². The molecular formula is C21H24N2O5S2. The van der Waals surface area contributed by atoms with Gasteiger partial charge >= 0.3 is 0 Å². The Kier molecular flexibility index (Phi) is 6.72. The summed E-state index contributed by atoms with van der Waals surface area (Å²) >= 11 is 1.38. The predicted octanol–water partition coefficient (Wildman–Crippen LogP) is 3.71. The van der Waals surface area contributed by atoms with E-state index >= 15 is 0 Å². The second kappa shape index (κ2) is 9.09. The van der Waals surface area contributed by atoms with Crippen LogP contribution in [-0.2, 0) is 19.4 Å². The molecule has 3 rings (SSSR count). The van der Waals surface area contributed by atoms with Crippen LogP contribution >= 0.6 is 11.8 Å². The van der Waals surface area contributed by atoms with E-state index in [0.717, 1.165) is 4.90 Å². The predicted molar refractivity (Wildman–Crippen MR) is 118 cm³/mol. The van der Waals surface area contributed by atoms with Crippen molar-refractivity contribution in [3.05, 3.63) is 42.5 Å². The standard InChI is InChI=1S/C21H24N2O5S2/c1-4-28-16-7-5-15(6-8-16)22-20(24)11-13(2)30(26,27)17-9-10-19-18(12-17)23-21(25)14(3)29-19/h5-10,12-14H,4,11H2,1-3H3,(H,22,24)(H,23,25)/t13-,14+/m1/s1. The van der Waals surface area contributed by atoms with Crippen molar-refractivity contribution in [1.82, 2.24) is 0 Å². The van der Waals surface area contributed by atoms with Gasteiger partial charge in [0.2, 0.25) is 11.8 Å². The Labute approximate surface area is 180 Å². The van der Waals surface area contributed by atoms with Gasteiger partial charge in [0.25, 0.3) is 0 Å². The Bertz CT molecular complexity index is 1050. The first kappa shape index (κ1) is 22.2. The van der Waals surface area contributed by atoms with E-state index in [4.69, 9.17) is 4.74 Å². The number of hydrogen-bond donors (Lipinski definition) is 2. The van der Waals surface area contributed by atoms with E-state index in [9.17, 15) is 18.0 Å². The molecule has 0 bridgehead atoms. The van der Waals surface area contributed by atoms with Gasteiger partial charge < -0.3 is 15.4 Å². The van der Waals surface area contributed by atoms with Crippen molar-refractivity contribution in [2.75, 3.05) is 17.2 Å². The van der Waals surface area contributed by atoms with Gasteiger partial charge in [0.05, 0.1) is 27.7 Å². The van der Waals surface area contributed by atoms with Crippen molar-refractivity contribution in [2.24, 2.45) is 0 Å². The molecule has 2 aromatic carbocycles. The van der Waals surface area contributed by atoms with Crippen molar-refractivity contribution in [3.63, 3.8) is 0 Å². The summed E-state index contributed by atoms with van der Waals surface area (Å²) in [5, 5.41) is 4.28. The number of fused-ring (bicyclic) bond motifs is 1. The van der Waals surface area contributed by atoms with Gasteiger partial charge in [-0.3, -0.25) is 9.59 Å². The fourth-order valence-corrected chi connectivity index (χ4v) is 5.29. The molecule has 0 aliphatic carbocycles. The molecule has 0 aromatic heterocycles. The van der Waals surface area contributed by atoms with E-state index in [-0.39, 0.29) is 22.5 Å². The molecule has 2 N–H and O–H groups in total. The van der Waals surface area contributed by atoms with Crippen LogP contribution in [0.4, 0.5) is 11.4 Å². The molecule has 9 heteroatoms. The zero-order valence-corrected chi connectivity index (χ0v) is 18.6. The molecule has 0 radical (unpaired) electrons. The Morgan fingerprint density at radius 3 is 2.60 bits per heavy atom. The quantitative estimate of drug-likeness (QED) is 0.670. The minimum Gasteiger partial charge on any atom is -0.494 e. The normalized spacial score (nSPS) is 16.9. The molecule has 0 fully saturated rings. The van der Waals surface area contributed by atoms with Crippen LogP contribution in [0.3, 0.4) is 0 Å². The van der Waals surface area contributed by atoms with E-state index in [0.29, 0.717) is 23.7 Å². The number of nitrogens with one attached hydrogen (secondary N) is 2. The summed E-state index contributed by atoms with van der Waals surface area (Å²) in [5.74, 6) is 0.134. The van der Waals surface area contributed by atoms with Crippen molar-refractivity contribution in [1.29, 1.82) is 0 Å². The summed E-state index contributed by atoms with van der Waals surface area (Å²) in [5.41, 5.74) is 1.05. The first-order valence-electron chi connectivity index (χ1n) is 9.59. The van der Waals surface area contributed by atoms with Crippen molar-refractivity contribution >= 4 is 44.8 Å². The van der Waals surface area contributed by atoms with Gasteiger partial charge in [-0.15, -0.1) is 11.8 Å². The van der Waals surface area contributed by atoms with E-state index < -0.39 is 21.0 Å². The van der Waals surface area contributed by atoms with Gasteiger partial charge in [0, 0.05) is 17.0 Å². The molecule has 0 saturated heterocycles. The molecule has 2 aromatic rings. The van der Waals surface area contributed by atoms with Gasteiger partial charge in [0.15, 0.2) is 9.84 Å². The molecule has 1 heterocycles. The highest BCUT2D eigenvalue weighted by molar-refractivity contribution is 8.01. The molecule has 0 spiro atoms. The SMILES string of the molecule is CCOc1ccc(NC(=O)C[C@@H](C)S(=O)(=O)c2ccc3c(c2)NC(=O)[C@H](C)S3)cc1. The Morgan fingerprint density at radius 1 is 1.23 bits per heavy atom. The summed E-state index contributed by atoms with van der Waals surface area (Å²) in [7, 11) is -3.75. The van der Waals surface area contributed by atoms with Gasteiger partial charge in [-0.2, -0.15) is 0 Å². The molecule has 1 aliphatic heterocycles. The number of sulfone groups is 1. The van der Waals surface area contributed by atoms with E-state index in [2.05, 4.69) is 10.6 Å². The lowest BCUT2D eigenvalue weighted by Crippen LogP contribution is -2.27. The number of carbonyl (C=O) groups is 2. The summed E-state index contributed by atoms with van der Waals surface area (Å²) < 4.78 is 31.3. The topological polar surface area (TPSA) is 102 Å². The van der Waals surface area contributed by atoms with E-state index in [1.165, 1.54) is 30.8 Å². The third-order valence-corrected chi connectivity index (χ3v) is 7.98. The molecule has 1 aliphatic rings. The van der Waals surface area contributed by atoms with Crippen LogP contribution in [0.1, 0.15) is 27.2 Å². The average molecular weight is 449 g/mol. The smallest absolute Gasteiger partial charge is 0.237 e. The molecule has 160 valence electrons. The van der Waals surface area contributed by atoms with Crippen LogP contribution < -0.4 is 15.4 Å². The second-order valence-corrected chi connectivity index (χ2v) is 10.7. The first-order valence-corrected chi connectivity index (χ1v) is 12.0. The maximum atomic E-state index is 13.0. The molecule has 0 saturated carbocycles. The van der Waals surface area contributed by atoms with Crippen LogP contribution in [0.5, 0.6) is 5.75 Å². The maximum Gasteiger partial charge on any atom is 0.237 e. The van der Waals surface area contributed by atoms with Crippen molar-refractivity contribution < 1.29 is 22.7 Å². The molecule has 30 heavy (non-hydrogen) atoms. The fourth-order valence-electron chi connectivity index (χ4n) is 2.98. The van der Waals surface area contributed by atoms with Crippen LogP contribution in [-0.4, -0.2) is 37.3 Å². The minimum atomic E-state index is -3.75. The Hall–Kier alpha value is -2.52. The largest absolute Gasteiger partial charge is 0.494 e. The number of ether oxygens (including phenoxy) is 1. The third-order valence-electron chi connectivity index (χ3n) is 4.66. The third kappa shape index (κ3) is 4.96. The zero-order chi connectivity index (χ0) is 21.9. The van der Waals surface area contributed by atoms with Crippen molar-refractivity contribution in [2.45, 2.75) is 47.5 Å². The number of rotatable bonds is 7. The van der Waals surface area contributed by atoms with Gasteiger partial charge in [-0.05, 0) is 63.2 Å². The molecule has 2 atom stereocenters. The number of carbonyl (C=O) groups excluding carboxylic acids is 2. The van der Waals surface area contributed by atoms with Crippen LogP contribution in [0.25, 0.3) is 0 Å². The Balaban J connectivity index is 1.68. The first-order chi connectivity index (χ1) is 14.2. The number of thioether (sulfide) groups is 1. The number of anilines is 2. The average Bonchev–Trinajstić information content (AvgIpc) is 2.70. The lowest BCUT2D eigenvalue weighted by atomic mass is 10.2. The van der Waals surface area contributed by atoms with Crippen molar-refractivity contribution in [3.8, 4) is 5.75 Å². The number of benzene rings is 2.